The second-order valence-corrected chi connectivity index (χ2v) is 4.54. The first kappa shape index (κ1) is 10.4. The number of hydrogen-bond donors (Lipinski definition) is 2. The topological polar surface area (TPSA) is 41.1 Å². The monoisotopic (exact) mass is 184 g/mol. The maximum absolute atomic E-state index is 11.3. The minimum absolute atomic E-state index is 0.0304. The average molecular weight is 184 g/mol. The number of carbonyl (C=O) groups is 1. The molecule has 1 rings (SSSR count). The highest BCUT2D eigenvalue weighted by Crippen LogP contribution is 2.48. The van der Waals surface area contributed by atoms with Gasteiger partial charge in [-0.3, -0.25) is 0 Å². The third kappa shape index (κ3) is 2.61. The Hall–Kier alpha value is -0.730. The van der Waals surface area contributed by atoms with Gasteiger partial charge in [0.25, 0.3) is 0 Å². The molecule has 1 aliphatic rings. The predicted octanol–water partition coefficient (Wildman–Crippen LogP) is 1.88. The first-order chi connectivity index (χ1) is 5.98. The first-order valence-electron chi connectivity index (χ1n) is 5.05. The van der Waals surface area contributed by atoms with Crippen LogP contribution in [-0.2, 0) is 0 Å². The molecule has 3 heteroatoms. The molecule has 0 spiro atoms. The Bertz CT molecular complexity index is 203. The molecular weight excluding hydrogens is 164 g/mol. The second kappa shape index (κ2) is 3.56. The molecule has 0 bridgehead atoms. The van der Waals surface area contributed by atoms with E-state index in [2.05, 4.69) is 24.5 Å². The molecule has 0 saturated heterocycles. The molecule has 3 nitrogen and oxygen atoms in total. The summed E-state index contributed by atoms with van der Waals surface area (Å²) < 4.78 is 0. The molecule has 0 aromatic rings. The van der Waals surface area contributed by atoms with Gasteiger partial charge in [-0.05, 0) is 32.1 Å². The van der Waals surface area contributed by atoms with Gasteiger partial charge in [0.2, 0.25) is 0 Å². The van der Waals surface area contributed by atoms with Crippen LogP contribution in [0.2, 0.25) is 0 Å². The zero-order valence-corrected chi connectivity index (χ0v) is 8.98. The molecule has 0 radical (unpaired) electrons. The summed E-state index contributed by atoms with van der Waals surface area (Å²) in [6.07, 6.45) is 2.26. The van der Waals surface area contributed by atoms with E-state index >= 15 is 0 Å². The fourth-order valence-corrected chi connectivity index (χ4v) is 1.49. The van der Waals surface area contributed by atoms with Crippen molar-refractivity contribution in [3.63, 3.8) is 0 Å². The van der Waals surface area contributed by atoms with Crippen molar-refractivity contribution in [2.45, 2.75) is 52.6 Å². The molecular formula is C10H20N2O. The Balaban J connectivity index is 2.24. The number of nitrogens with one attached hydrogen (secondary N) is 2. The van der Waals surface area contributed by atoms with Gasteiger partial charge in [-0.15, -0.1) is 0 Å². The molecule has 1 aliphatic carbocycles. The summed E-state index contributed by atoms with van der Waals surface area (Å²) in [7, 11) is 0. The lowest BCUT2D eigenvalue weighted by molar-refractivity contribution is 0.236. The van der Waals surface area contributed by atoms with Gasteiger partial charge in [0.15, 0.2) is 0 Å². The number of urea groups is 1. The van der Waals surface area contributed by atoms with Crippen LogP contribution in [0.4, 0.5) is 4.79 Å². The zero-order valence-electron chi connectivity index (χ0n) is 8.98. The SMILES string of the molecule is CCC1(C)CC1NC(=O)NC(C)C. The third-order valence-electron chi connectivity index (χ3n) is 2.88. The Morgan fingerprint density at radius 1 is 1.62 bits per heavy atom. The van der Waals surface area contributed by atoms with Crippen molar-refractivity contribution in [1.82, 2.24) is 10.6 Å². The van der Waals surface area contributed by atoms with Crippen LogP contribution in [0, 0.1) is 5.41 Å². The van der Waals surface area contributed by atoms with Gasteiger partial charge in [-0.25, -0.2) is 4.79 Å². The molecule has 2 amide bonds. The van der Waals surface area contributed by atoms with Gasteiger partial charge in [0.1, 0.15) is 0 Å². The summed E-state index contributed by atoms with van der Waals surface area (Å²) in [6.45, 7) is 8.31. The van der Waals surface area contributed by atoms with E-state index in [1.165, 1.54) is 0 Å². The molecule has 1 saturated carbocycles. The first-order valence-corrected chi connectivity index (χ1v) is 5.05. The minimum atomic E-state index is -0.0304. The molecule has 0 aliphatic heterocycles. The summed E-state index contributed by atoms with van der Waals surface area (Å²) in [5.41, 5.74) is 0.355. The maximum Gasteiger partial charge on any atom is 0.315 e. The molecule has 76 valence electrons. The van der Waals surface area contributed by atoms with Gasteiger partial charge in [-0.2, -0.15) is 0 Å². The summed E-state index contributed by atoms with van der Waals surface area (Å²) in [6, 6.07) is 0.569. The highest BCUT2D eigenvalue weighted by Gasteiger charge is 2.49. The molecule has 2 N–H and O–H groups in total. The summed E-state index contributed by atoms with van der Waals surface area (Å²) >= 11 is 0. The van der Waals surface area contributed by atoms with Crippen molar-refractivity contribution >= 4 is 6.03 Å². The van der Waals surface area contributed by atoms with Gasteiger partial charge in [0, 0.05) is 12.1 Å². The van der Waals surface area contributed by atoms with Crippen molar-refractivity contribution in [2.24, 2.45) is 5.41 Å². The Kier molecular flexibility index (Phi) is 2.84. The Labute approximate surface area is 80.3 Å². The van der Waals surface area contributed by atoms with E-state index in [1.807, 2.05) is 13.8 Å². The lowest BCUT2D eigenvalue weighted by Crippen LogP contribution is -2.41. The number of amides is 2. The van der Waals surface area contributed by atoms with E-state index in [4.69, 9.17) is 0 Å². The van der Waals surface area contributed by atoms with Gasteiger partial charge in [0.05, 0.1) is 0 Å². The smallest absolute Gasteiger partial charge is 0.315 e. The normalized spacial score (nSPS) is 31.6. The van der Waals surface area contributed by atoms with Crippen molar-refractivity contribution in [2.75, 3.05) is 0 Å². The van der Waals surface area contributed by atoms with E-state index in [1.54, 1.807) is 0 Å². The number of carbonyl (C=O) groups excluding carboxylic acids is 1. The second-order valence-electron chi connectivity index (χ2n) is 4.54. The van der Waals surface area contributed by atoms with Crippen molar-refractivity contribution < 1.29 is 4.79 Å². The third-order valence-corrected chi connectivity index (χ3v) is 2.88. The molecule has 0 aromatic heterocycles. The van der Waals surface area contributed by atoms with Crippen LogP contribution in [0.5, 0.6) is 0 Å². The Morgan fingerprint density at radius 3 is 2.62 bits per heavy atom. The van der Waals surface area contributed by atoms with Gasteiger partial charge in [-0.1, -0.05) is 13.8 Å². The quantitative estimate of drug-likeness (QED) is 0.691. The van der Waals surface area contributed by atoms with E-state index in [0.29, 0.717) is 11.5 Å². The summed E-state index contributed by atoms with van der Waals surface area (Å²) in [5, 5.41) is 5.80. The van der Waals surface area contributed by atoms with E-state index in [-0.39, 0.29) is 12.1 Å². The lowest BCUT2D eigenvalue weighted by Gasteiger charge is -2.12. The predicted molar refractivity (Wildman–Crippen MR) is 53.6 cm³/mol. The van der Waals surface area contributed by atoms with Crippen molar-refractivity contribution in [1.29, 1.82) is 0 Å². The van der Waals surface area contributed by atoms with Crippen LogP contribution in [-0.4, -0.2) is 18.1 Å². The average Bonchev–Trinajstić information content (AvgIpc) is 2.61. The highest BCUT2D eigenvalue weighted by atomic mass is 16.2. The summed E-state index contributed by atoms with van der Waals surface area (Å²) in [5.74, 6) is 0. The zero-order chi connectivity index (χ0) is 10.1. The van der Waals surface area contributed by atoms with Gasteiger partial charge < -0.3 is 10.6 Å². The van der Waals surface area contributed by atoms with Gasteiger partial charge >= 0.3 is 6.03 Å². The van der Waals surface area contributed by atoms with E-state index in [0.717, 1.165) is 12.8 Å². The van der Waals surface area contributed by atoms with Crippen LogP contribution in [0.15, 0.2) is 0 Å². The van der Waals surface area contributed by atoms with Crippen LogP contribution in [0.3, 0.4) is 0 Å². The standard InChI is InChI=1S/C10H20N2O/c1-5-10(4)6-8(10)12-9(13)11-7(2)3/h7-8H,5-6H2,1-4H3,(H2,11,12,13). The van der Waals surface area contributed by atoms with E-state index < -0.39 is 0 Å². The number of rotatable bonds is 3. The molecule has 1 fully saturated rings. The Morgan fingerprint density at radius 2 is 2.23 bits per heavy atom. The van der Waals surface area contributed by atoms with Crippen LogP contribution >= 0.6 is 0 Å². The molecule has 2 unspecified atom stereocenters. The lowest BCUT2D eigenvalue weighted by atomic mass is 10.1. The van der Waals surface area contributed by atoms with Crippen LogP contribution < -0.4 is 10.6 Å². The molecule has 2 atom stereocenters. The fraction of sp³-hybridized carbons (Fsp3) is 0.900. The fourth-order valence-electron chi connectivity index (χ4n) is 1.49. The van der Waals surface area contributed by atoms with Crippen LogP contribution in [0.25, 0.3) is 0 Å². The minimum Gasteiger partial charge on any atom is -0.336 e. The molecule has 0 aromatic carbocycles. The molecule has 13 heavy (non-hydrogen) atoms. The van der Waals surface area contributed by atoms with Crippen molar-refractivity contribution in [3.05, 3.63) is 0 Å². The maximum atomic E-state index is 11.3. The molecule has 0 heterocycles. The summed E-state index contributed by atoms with van der Waals surface area (Å²) in [4.78, 5) is 11.3. The van der Waals surface area contributed by atoms with Crippen molar-refractivity contribution in [3.8, 4) is 0 Å². The largest absolute Gasteiger partial charge is 0.336 e. The van der Waals surface area contributed by atoms with E-state index in [9.17, 15) is 4.79 Å². The number of hydrogen-bond acceptors (Lipinski definition) is 1. The highest BCUT2D eigenvalue weighted by molar-refractivity contribution is 5.75. The van der Waals surface area contributed by atoms with Crippen LogP contribution in [0.1, 0.15) is 40.5 Å².